The van der Waals surface area contributed by atoms with E-state index in [2.05, 4.69) is 5.32 Å². The van der Waals surface area contributed by atoms with Crippen LogP contribution in [0.3, 0.4) is 0 Å². The summed E-state index contributed by atoms with van der Waals surface area (Å²) in [6, 6.07) is 18.4. The smallest absolute Gasteiger partial charge is 0.258 e. The van der Waals surface area contributed by atoms with E-state index < -0.39 is 10.0 Å². The van der Waals surface area contributed by atoms with Gasteiger partial charge < -0.3 is 5.32 Å². The monoisotopic (exact) mass is 503 g/mol. The van der Waals surface area contributed by atoms with Crippen molar-refractivity contribution in [3.05, 3.63) is 87.9 Å². The van der Waals surface area contributed by atoms with E-state index in [4.69, 9.17) is 23.2 Å². The average Bonchev–Trinajstić information content (AvgIpc) is 2.78. The standard InChI is InChI=1S/C23H19Cl2N3O4S/c1-33(31,32)28(20-8-4-5-17(24)22(20)25)13-15-9-11-16(12-10-15)23(30)27-14-21(29)26-18-6-2-3-7-19(18)27/h2-12H,13-14H2,1H3,(H,26,29). The molecule has 1 aliphatic rings. The summed E-state index contributed by atoms with van der Waals surface area (Å²) >= 11 is 12.3. The van der Waals surface area contributed by atoms with Crippen LogP contribution in [-0.2, 0) is 21.4 Å². The molecular weight excluding hydrogens is 485 g/mol. The lowest BCUT2D eigenvalue weighted by Crippen LogP contribution is -2.42. The van der Waals surface area contributed by atoms with Gasteiger partial charge >= 0.3 is 0 Å². The van der Waals surface area contributed by atoms with Crippen molar-refractivity contribution in [1.29, 1.82) is 0 Å². The fraction of sp³-hybridized carbons (Fsp3) is 0.130. The zero-order valence-corrected chi connectivity index (χ0v) is 19.8. The summed E-state index contributed by atoms with van der Waals surface area (Å²) < 4.78 is 26.1. The number of carbonyl (C=O) groups is 2. The zero-order chi connectivity index (χ0) is 23.8. The Labute approximate surface area is 201 Å². The van der Waals surface area contributed by atoms with Crippen molar-refractivity contribution in [1.82, 2.24) is 0 Å². The first-order valence-electron chi connectivity index (χ1n) is 9.86. The highest BCUT2D eigenvalue weighted by Gasteiger charge is 2.27. The average molecular weight is 504 g/mol. The van der Waals surface area contributed by atoms with E-state index >= 15 is 0 Å². The van der Waals surface area contributed by atoms with Crippen LogP contribution < -0.4 is 14.5 Å². The normalized spacial score (nSPS) is 13.3. The van der Waals surface area contributed by atoms with Crippen LogP contribution in [0.2, 0.25) is 10.0 Å². The SMILES string of the molecule is CS(=O)(=O)N(Cc1ccc(C(=O)N2CC(=O)Nc3ccccc32)cc1)c1cccc(Cl)c1Cl. The van der Waals surface area contributed by atoms with Gasteiger partial charge in [-0.25, -0.2) is 8.42 Å². The lowest BCUT2D eigenvalue weighted by atomic mass is 10.1. The summed E-state index contributed by atoms with van der Waals surface area (Å²) in [5.41, 5.74) is 2.47. The fourth-order valence-corrected chi connectivity index (χ4v) is 4.90. The Kier molecular flexibility index (Phi) is 6.34. The second kappa shape index (κ2) is 9.05. The molecule has 10 heteroatoms. The molecule has 0 saturated heterocycles. The Morgan fingerprint density at radius 3 is 2.42 bits per heavy atom. The maximum Gasteiger partial charge on any atom is 0.258 e. The van der Waals surface area contributed by atoms with E-state index in [0.717, 1.165) is 10.6 Å². The Morgan fingerprint density at radius 1 is 1.03 bits per heavy atom. The van der Waals surface area contributed by atoms with Gasteiger partial charge in [0.05, 0.1) is 39.9 Å². The predicted octanol–water partition coefficient (Wildman–Crippen LogP) is 4.56. The lowest BCUT2D eigenvalue weighted by Gasteiger charge is -2.29. The fourth-order valence-electron chi connectivity index (χ4n) is 3.55. The van der Waals surface area contributed by atoms with E-state index in [-0.39, 0.29) is 40.6 Å². The van der Waals surface area contributed by atoms with Crippen LogP contribution in [0.5, 0.6) is 0 Å². The summed E-state index contributed by atoms with van der Waals surface area (Å²) in [5, 5.41) is 3.13. The second-order valence-electron chi connectivity index (χ2n) is 7.50. The van der Waals surface area contributed by atoms with Crippen LogP contribution in [0.4, 0.5) is 17.1 Å². The number of para-hydroxylation sites is 2. The first-order chi connectivity index (χ1) is 15.6. The molecular formula is C23H19Cl2N3O4S. The van der Waals surface area contributed by atoms with Crippen molar-refractivity contribution in [3.63, 3.8) is 0 Å². The van der Waals surface area contributed by atoms with Gasteiger partial charge in [-0.15, -0.1) is 0 Å². The van der Waals surface area contributed by atoms with Crippen LogP contribution in [0.25, 0.3) is 0 Å². The van der Waals surface area contributed by atoms with Crippen molar-refractivity contribution in [2.45, 2.75) is 6.54 Å². The Bertz CT molecular complexity index is 1340. The molecule has 3 aromatic carbocycles. The highest BCUT2D eigenvalue weighted by atomic mass is 35.5. The number of hydrogen-bond donors (Lipinski definition) is 1. The third-order valence-electron chi connectivity index (χ3n) is 5.14. The third kappa shape index (κ3) is 4.83. The number of nitrogens with one attached hydrogen (secondary N) is 1. The molecule has 1 N–H and O–H groups in total. The number of amides is 2. The first-order valence-corrected chi connectivity index (χ1v) is 12.5. The number of nitrogens with zero attached hydrogens (tertiary/aromatic N) is 2. The van der Waals surface area contributed by atoms with Gasteiger partial charge in [-0.3, -0.25) is 18.8 Å². The van der Waals surface area contributed by atoms with Crippen LogP contribution in [0, 0.1) is 0 Å². The van der Waals surface area contributed by atoms with E-state index in [1.165, 1.54) is 4.90 Å². The van der Waals surface area contributed by atoms with Crippen molar-refractivity contribution in [2.24, 2.45) is 0 Å². The maximum atomic E-state index is 13.1. The number of anilines is 3. The van der Waals surface area contributed by atoms with Gasteiger partial charge in [-0.1, -0.05) is 53.5 Å². The molecule has 1 aliphatic heterocycles. The van der Waals surface area contributed by atoms with Gasteiger partial charge in [0.15, 0.2) is 0 Å². The van der Waals surface area contributed by atoms with E-state index in [0.29, 0.717) is 22.5 Å². The van der Waals surface area contributed by atoms with Crippen LogP contribution in [0.15, 0.2) is 66.7 Å². The van der Waals surface area contributed by atoms with Crippen molar-refractivity contribution < 1.29 is 18.0 Å². The largest absolute Gasteiger partial charge is 0.323 e. The summed E-state index contributed by atoms with van der Waals surface area (Å²) in [7, 11) is -3.67. The van der Waals surface area contributed by atoms with Crippen LogP contribution in [0.1, 0.15) is 15.9 Å². The minimum absolute atomic E-state index is 0.00230. The molecule has 7 nitrogen and oxygen atoms in total. The second-order valence-corrected chi connectivity index (χ2v) is 10.2. The number of rotatable bonds is 5. The highest BCUT2D eigenvalue weighted by Crippen LogP contribution is 2.35. The quantitative estimate of drug-likeness (QED) is 0.552. The number of fused-ring (bicyclic) bond motifs is 1. The Balaban J connectivity index is 1.60. The molecule has 4 rings (SSSR count). The molecule has 2 amide bonds. The van der Waals surface area contributed by atoms with Crippen molar-refractivity contribution in [3.8, 4) is 0 Å². The third-order valence-corrected chi connectivity index (χ3v) is 7.08. The topological polar surface area (TPSA) is 86.8 Å². The molecule has 170 valence electrons. The lowest BCUT2D eigenvalue weighted by molar-refractivity contribution is -0.115. The van der Waals surface area contributed by atoms with E-state index in [9.17, 15) is 18.0 Å². The van der Waals surface area contributed by atoms with Gasteiger partial charge in [0.1, 0.15) is 6.54 Å². The van der Waals surface area contributed by atoms with Gasteiger partial charge in [0.25, 0.3) is 5.91 Å². The Hall–Kier alpha value is -3.07. The molecule has 0 unspecified atom stereocenters. The minimum Gasteiger partial charge on any atom is -0.323 e. The van der Waals surface area contributed by atoms with Crippen molar-refractivity contribution in [2.75, 3.05) is 27.3 Å². The van der Waals surface area contributed by atoms with Gasteiger partial charge in [-0.05, 0) is 42.0 Å². The summed E-state index contributed by atoms with van der Waals surface area (Å²) in [5.74, 6) is -0.609. The molecule has 0 atom stereocenters. The maximum absolute atomic E-state index is 13.1. The number of hydrogen-bond acceptors (Lipinski definition) is 4. The van der Waals surface area contributed by atoms with E-state index in [1.54, 1.807) is 66.7 Å². The Morgan fingerprint density at radius 2 is 1.73 bits per heavy atom. The molecule has 0 aliphatic carbocycles. The molecule has 0 bridgehead atoms. The molecule has 0 saturated carbocycles. The first kappa shape index (κ1) is 23.1. The molecule has 3 aromatic rings. The van der Waals surface area contributed by atoms with E-state index in [1.807, 2.05) is 0 Å². The highest BCUT2D eigenvalue weighted by molar-refractivity contribution is 7.92. The van der Waals surface area contributed by atoms with Gasteiger partial charge in [-0.2, -0.15) is 0 Å². The minimum atomic E-state index is -3.67. The van der Waals surface area contributed by atoms with Gasteiger partial charge in [0, 0.05) is 5.56 Å². The zero-order valence-electron chi connectivity index (χ0n) is 17.5. The van der Waals surface area contributed by atoms with Crippen LogP contribution in [-0.4, -0.2) is 33.0 Å². The molecule has 0 fully saturated rings. The van der Waals surface area contributed by atoms with Gasteiger partial charge in [0.2, 0.25) is 15.9 Å². The molecule has 1 heterocycles. The van der Waals surface area contributed by atoms with Crippen molar-refractivity contribution >= 4 is 62.1 Å². The number of carbonyl (C=O) groups excluding carboxylic acids is 2. The summed E-state index contributed by atoms with van der Waals surface area (Å²) in [4.78, 5) is 26.6. The summed E-state index contributed by atoms with van der Waals surface area (Å²) in [6.45, 7) is -0.0883. The molecule has 33 heavy (non-hydrogen) atoms. The molecule has 0 aromatic heterocycles. The van der Waals surface area contributed by atoms with Crippen LogP contribution >= 0.6 is 23.2 Å². The number of halogens is 2. The number of sulfonamides is 1. The molecule has 0 radical (unpaired) electrons. The molecule has 0 spiro atoms. The predicted molar refractivity (Wildman–Crippen MR) is 131 cm³/mol. The summed E-state index contributed by atoms with van der Waals surface area (Å²) in [6.07, 6.45) is 1.08. The number of benzene rings is 3.